The van der Waals surface area contributed by atoms with Gasteiger partial charge in [-0.3, -0.25) is 14.4 Å². The minimum absolute atomic E-state index is 0.0809. The van der Waals surface area contributed by atoms with Gasteiger partial charge in [0.05, 0.1) is 0 Å². The van der Waals surface area contributed by atoms with Crippen molar-refractivity contribution in [3.05, 3.63) is 48.6 Å². The number of rotatable bonds is 49. The summed E-state index contributed by atoms with van der Waals surface area (Å²) in [6.07, 6.45) is 62.3. The summed E-state index contributed by atoms with van der Waals surface area (Å²) in [7, 11) is 0. The second-order valence-electron chi connectivity index (χ2n) is 18.1. The number of esters is 3. The number of carbonyl (C=O) groups excluding carboxylic acids is 3. The zero-order valence-electron chi connectivity index (χ0n) is 41.8. The maximum Gasteiger partial charge on any atom is 0.306 e. The molecule has 0 aliphatic heterocycles. The van der Waals surface area contributed by atoms with Crippen molar-refractivity contribution in [1.29, 1.82) is 0 Å². The van der Waals surface area contributed by atoms with E-state index in [0.29, 0.717) is 19.3 Å². The first-order valence-corrected chi connectivity index (χ1v) is 27.1. The van der Waals surface area contributed by atoms with E-state index < -0.39 is 6.10 Å². The molecule has 1 atom stereocenters. The Hall–Kier alpha value is -2.63. The summed E-state index contributed by atoms with van der Waals surface area (Å²) in [6, 6.07) is 0. The Bertz CT molecular complexity index is 1110. The Morgan fingerprint density at radius 2 is 0.571 bits per heavy atom. The van der Waals surface area contributed by atoms with E-state index in [1.165, 1.54) is 135 Å². The Kier molecular flexibility index (Phi) is 49.8. The van der Waals surface area contributed by atoms with Crippen molar-refractivity contribution in [2.45, 2.75) is 284 Å². The first kappa shape index (κ1) is 60.4. The van der Waals surface area contributed by atoms with Gasteiger partial charge in [-0.2, -0.15) is 0 Å². The largest absolute Gasteiger partial charge is 0.462 e. The van der Waals surface area contributed by atoms with Crippen LogP contribution in [0.15, 0.2) is 48.6 Å². The average molecular weight is 883 g/mol. The number of carbonyl (C=O) groups is 3. The molecule has 0 radical (unpaired) electrons. The summed E-state index contributed by atoms with van der Waals surface area (Å²) in [5.74, 6) is -0.899. The van der Waals surface area contributed by atoms with Crippen molar-refractivity contribution >= 4 is 17.9 Å². The second kappa shape index (κ2) is 52.0. The molecule has 0 N–H and O–H groups in total. The van der Waals surface area contributed by atoms with Gasteiger partial charge in [0.2, 0.25) is 0 Å². The highest BCUT2D eigenvalue weighted by Crippen LogP contribution is 2.15. The first-order valence-electron chi connectivity index (χ1n) is 27.1. The summed E-state index contributed by atoms with van der Waals surface area (Å²) in [5, 5.41) is 0. The van der Waals surface area contributed by atoms with Gasteiger partial charge < -0.3 is 14.2 Å². The predicted molar refractivity (Wildman–Crippen MR) is 270 cm³/mol. The topological polar surface area (TPSA) is 78.9 Å². The Balaban J connectivity index is 4.40. The molecule has 0 fully saturated rings. The molecular formula is C57H102O6. The maximum atomic E-state index is 12.8. The van der Waals surface area contributed by atoms with E-state index in [-0.39, 0.29) is 31.1 Å². The molecule has 6 nitrogen and oxygen atoms in total. The van der Waals surface area contributed by atoms with Crippen molar-refractivity contribution in [2.75, 3.05) is 13.2 Å². The second-order valence-corrected chi connectivity index (χ2v) is 18.1. The molecule has 0 amide bonds. The van der Waals surface area contributed by atoms with Crippen LogP contribution in [0.4, 0.5) is 0 Å². The first-order chi connectivity index (χ1) is 31.0. The van der Waals surface area contributed by atoms with E-state index in [9.17, 15) is 14.4 Å². The predicted octanol–water partition coefficient (Wildman–Crippen LogP) is 17.9. The van der Waals surface area contributed by atoms with Crippen molar-refractivity contribution in [1.82, 2.24) is 0 Å². The highest BCUT2D eigenvalue weighted by atomic mass is 16.6. The van der Waals surface area contributed by atoms with Gasteiger partial charge in [-0.15, -0.1) is 0 Å². The lowest BCUT2D eigenvalue weighted by Gasteiger charge is -2.18. The fourth-order valence-corrected chi connectivity index (χ4v) is 7.68. The van der Waals surface area contributed by atoms with Crippen LogP contribution in [0.5, 0.6) is 0 Å². The zero-order valence-corrected chi connectivity index (χ0v) is 41.8. The Labute approximate surface area is 390 Å². The molecule has 0 unspecified atom stereocenters. The quantitative estimate of drug-likeness (QED) is 0.0262. The van der Waals surface area contributed by atoms with E-state index in [1.54, 1.807) is 0 Å². The fourth-order valence-electron chi connectivity index (χ4n) is 7.68. The third-order valence-electron chi connectivity index (χ3n) is 11.8. The molecule has 0 heterocycles. The molecule has 0 rings (SSSR count). The van der Waals surface area contributed by atoms with Crippen molar-refractivity contribution in [3.8, 4) is 0 Å². The molecule has 0 saturated heterocycles. The third kappa shape index (κ3) is 50.2. The third-order valence-corrected chi connectivity index (χ3v) is 11.8. The molecule has 0 aromatic carbocycles. The lowest BCUT2D eigenvalue weighted by molar-refractivity contribution is -0.167. The van der Waals surface area contributed by atoms with Gasteiger partial charge in [-0.25, -0.2) is 0 Å². The summed E-state index contributed by atoms with van der Waals surface area (Å²) in [5.41, 5.74) is 0. The summed E-state index contributed by atoms with van der Waals surface area (Å²) in [6.45, 7) is 6.58. The van der Waals surface area contributed by atoms with Gasteiger partial charge in [0.1, 0.15) is 13.2 Å². The zero-order chi connectivity index (χ0) is 45.8. The van der Waals surface area contributed by atoms with E-state index in [0.717, 1.165) is 103 Å². The van der Waals surface area contributed by atoms with E-state index >= 15 is 0 Å². The van der Waals surface area contributed by atoms with Crippen LogP contribution in [0, 0.1) is 0 Å². The Morgan fingerprint density at radius 3 is 0.905 bits per heavy atom. The molecular weight excluding hydrogens is 781 g/mol. The van der Waals surface area contributed by atoms with Crippen LogP contribution in [0.1, 0.15) is 278 Å². The molecule has 63 heavy (non-hydrogen) atoms. The summed E-state index contributed by atoms with van der Waals surface area (Å²) >= 11 is 0. The van der Waals surface area contributed by atoms with Gasteiger partial charge >= 0.3 is 17.9 Å². The number of ether oxygens (including phenoxy) is 3. The minimum atomic E-state index is -0.783. The lowest BCUT2D eigenvalue weighted by Crippen LogP contribution is -2.30. The average Bonchev–Trinajstić information content (AvgIpc) is 3.28. The molecule has 0 saturated carbocycles. The van der Waals surface area contributed by atoms with Crippen LogP contribution in [0.25, 0.3) is 0 Å². The van der Waals surface area contributed by atoms with Crippen LogP contribution in [-0.4, -0.2) is 37.2 Å². The standard InChI is InChI=1S/C57H102O6/c1-4-7-10-13-16-19-22-25-28-31-34-37-40-43-46-49-55(58)61-52-54(63-57(60)51-48-45-42-39-36-33-30-27-24-21-18-15-12-9-6-3)53-62-56(59)50-47-44-41-38-35-32-29-26-23-20-17-14-11-8-5-2/h16,18-19,21,25,27-28,30,54H,4-15,17,20,22-24,26,29,31-53H2,1-3H3/t54-/m0/s1. The molecule has 0 aromatic heterocycles. The Morgan fingerprint density at radius 1 is 0.317 bits per heavy atom. The van der Waals surface area contributed by atoms with Crippen LogP contribution >= 0.6 is 0 Å². The fraction of sp³-hybridized carbons (Fsp3) is 0.807. The van der Waals surface area contributed by atoms with Gasteiger partial charge in [-0.05, 0) is 83.5 Å². The number of unbranched alkanes of at least 4 members (excludes halogenated alkanes) is 30. The van der Waals surface area contributed by atoms with Crippen molar-refractivity contribution in [2.24, 2.45) is 0 Å². The molecule has 0 bridgehead atoms. The smallest absolute Gasteiger partial charge is 0.306 e. The van der Waals surface area contributed by atoms with Gasteiger partial charge in [0, 0.05) is 19.3 Å². The highest BCUT2D eigenvalue weighted by molar-refractivity contribution is 5.71. The van der Waals surface area contributed by atoms with Crippen LogP contribution in [0.3, 0.4) is 0 Å². The minimum Gasteiger partial charge on any atom is -0.462 e. The van der Waals surface area contributed by atoms with Gasteiger partial charge in [-0.1, -0.05) is 223 Å². The number of hydrogen-bond donors (Lipinski definition) is 0. The van der Waals surface area contributed by atoms with E-state index in [1.807, 2.05) is 0 Å². The molecule has 0 aromatic rings. The van der Waals surface area contributed by atoms with Crippen LogP contribution in [0.2, 0.25) is 0 Å². The molecule has 0 aliphatic carbocycles. The number of hydrogen-bond acceptors (Lipinski definition) is 6. The van der Waals surface area contributed by atoms with Crippen LogP contribution < -0.4 is 0 Å². The summed E-state index contributed by atoms with van der Waals surface area (Å²) in [4.78, 5) is 38.0. The van der Waals surface area contributed by atoms with Crippen LogP contribution in [-0.2, 0) is 28.6 Å². The van der Waals surface area contributed by atoms with E-state index in [2.05, 4.69) is 69.4 Å². The van der Waals surface area contributed by atoms with E-state index in [4.69, 9.17) is 14.2 Å². The molecule has 0 spiro atoms. The molecule has 6 heteroatoms. The lowest BCUT2D eigenvalue weighted by atomic mass is 10.0. The SMILES string of the molecule is CCCCCC=CCC=CCCCCCCCC(=O)OC[C@@H](COC(=O)CCCCCCCCCCCCCCCCC)OC(=O)CCCCCCCC=CCC=CCCCCC. The van der Waals surface area contributed by atoms with Crippen molar-refractivity contribution in [3.63, 3.8) is 0 Å². The van der Waals surface area contributed by atoms with Gasteiger partial charge in [0.25, 0.3) is 0 Å². The van der Waals surface area contributed by atoms with Gasteiger partial charge in [0.15, 0.2) is 6.10 Å². The monoisotopic (exact) mass is 883 g/mol. The van der Waals surface area contributed by atoms with Crippen molar-refractivity contribution < 1.29 is 28.6 Å². The summed E-state index contributed by atoms with van der Waals surface area (Å²) < 4.78 is 16.8. The normalized spacial score (nSPS) is 12.4. The maximum absolute atomic E-state index is 12.8. The highest BCUT2D eigenvalue weighted by Gasteiger charge is 2.19. The molecule has 0 aliphatic rings. The number of allylic oxidation sites excluding steroid dienone is 8. The molecule has 366 valence electrons.